The minimum Gasteiger partial charge on any atom is -0.493 e. The zero-order chi connectivity index (χ0) is 24.1. The molecular weight excluding hydrogens is 438 g/mol. The quantitative estimate of drug-likeness (QED) is 0.444. The van der Waals surface area contributed by atoms with Gasteiger partial charge in [-0.1, -0.05) is 6.07 Å². The molecule has 0 radical (unpaired) electrons. The summed E-state index contributed by atoms with van der Waals surface area (Å²) in [6.45, 7) is -0.664. The van der Waals surface area contributed by atoms with Crippen molar-refractivity contribution in [1.29, 1.82) is 5.26 Å². The Bertz CT molecular complexity index is 993. The lowest BCUT2D eigenvalue weighted by Crippen LogP contribution is -2.62. The van der Waals surface area contributed by atoms with Crippen LogP contribution in [0.2, 0.25) is 0 Å². The number of methoxy groups -OCH3 is 1. The summed E-state index contributed by atoms with van der Waals surface area (Å²) in [5, 5.41) is 14.0. The van der Waals surface area contributed by atoms with Crippen LogP contribution in [0.15, 0.2) is 24.3 Å². The van der Waals surface area contributed by atoms with Gasteiger partial charge >= 0.3 is 12.0 Å². The molecule has 0 unspecified atom stereocenters. The molecule has 4 aliphatic rings. The van der Waals surface area contributed by atoms with E-state index in [9.17, 15) is 14.4 Å². The predicted octanol–water partition coefficient (Wildman–Crippen LogP) is 2.95. The largest absolute Gasteiger partial charge is 0.493 e. The van der Waals surface area contributed by atoms with Gasteiger partial charge in [0.25, 0.3) is 5.91 Å². The van der Waals surface area contributed by atoms with Gasteiger partial charge in [0.05, 0.1) is 7.11 Å². The van der Waals surface area contributed by atoms with Gasteiger partial charge in [-0.15, -0.1) is 0 Å². The summed E-state index contributed by atoms with van der Waals surface area (Å²) < 4.78 is 15.4. The van der Waals surface area contributed by atoms with Gasteiger partial charge in [0.1, 0.15) is 6.07 Å². The normalized spacial score (nSPS) is 26.5. The Morgan fingerprint density at radius 1 is 1.12 bits per heavy atom. The van der Waals surface area contributed by atoms with Crippen LogP contribution >= 0.6 is 0 Å². The van der Waals surface area contributed by atoms with Gasteiger partial charge in [0.2, 0.25) is 0 Å². The Balaban J connectivity index is 1.22. The van der Waals surface area contributed by atoms with Crippen molar-refractivity contribution >= 4 is 24.0 Å². The Labute approximate surface area is 198 Å². The molecule has 0 atom stereocenters. The monoisotopic (exact) mass is 467 g/mol. The lowest BCUT2D eigenvalue weighted by Gasteiger charge is -2.56. The lowest BCUT2D eigenvalue weighted by molar-refractivity contribution is -0.143. The van der Waals surface area contributed by atoms with Crippen LogP contribution in [0.4, 0.5) is 4.79 Å². The molecule has 0 heterocycles. The molecule has 0 saturated heterocycles. The van der Waals surface area contributed by atoms with E-state index in [0.717, 1.165) is 19.3 Å². The van der Waals surface area contributed by atoms with Crippen molar-refractivity contribution in [3.63, 3.8) is 0 Å². The number of nitrogens with one attached hydrogen (secondary N) is 2. The summed E-state index contributed by atoms with van der Waals surface area (Å²) in [5.41, 5.74) is 0.437. The standard InChI is InChI=1S/C25H29N3O6/c1-32-21-11-16(2-4-20(21)33-7-6-26)3-5-23(30)34-15-22(29)27-24(31)28-25-12-17-8-18(13-25)10-19(9-17)14-25/h2-5,11,17-19H,7-10,12-15H2,1H3,(H2,27,28,29,31). The molecule has 0 spiro atoms. The summed E-state index contributed by atoms with van der Waals surface area (Å²) in [7, 11) is 1.47. The third-order valence-electron chi connectivity index (χ3n) is 6.91. The number of esters is 1. The second-order valence-corrected chi connectivity index (χ2v) is 9.50. The van der Waals surface area contributed by atoms with Crippen molar-refractivity contribution in [3.8, 4) is 17.6 Å². The van der Waals surface area contributed by atoms with Gasteiger partial charge in [0.15, 0.2) is 24.7 Å². The first-order chi connectivity index (χ1) is 16.4. The fourth-order valence-corrected chi connectivity index (χ4v) is 6.06. The van der Waals surface area contributed by atoms with E-state index in [1.54, 1.807) is 18.2 Å². The van der Waals surface area contributed by atoms with E-state index in [2.05, 4.69) is 10.6 Å². The van der Waals surface area contributed by atoms with Gasteiger partial charge in [-0.25, -0.2) is 9.59 Å². The number of urea groups is 1. The number of rotatable bonds is 8. The van der Waals surface area contributed by atoms with Crippen molar-refractivity contribution in [1.82, 2.24) is 10.6 Å². The molecule has 4 bridgehead atoms. The van der Waals surface area contributed by atoms with Gasteiger partial charge in [-0.3, -0.25) is 10.1 Å². The number of benzene rings is 1. The zero-order valence-electron chi connectivity index (χ0n) is 19.2. The average molecular weight is 468 g/mol. The van der Waals surface area contributed by atoms with Crippen LogP contribution in [0.25, 0.3) is 6.08 Å². The minimum atomic E-state index is -0.722. The number of hydrogen-bond acceptors (Lipinski definition) is 7. The zero-order valence-corrected chi connectivity index (χ0v) is 19.2. The number of imide groups is 1. The summed E-state index contributed by atoms with van der Waals surface area (Å²) in [6, 6.07) is 6.30. The molecule has 9 heteroatoms. The molecule has 2 N–H and O–H groups in total. The molecule has 0 aromatic heterocycles. The molecule has 34 heavy (non-hydrogen) atoms. The molecule has 0 aliphatic heterocycles. The molecule has 4 aliphatic carbocycles. The highest BCUT2D eigenvalue weighted by atomic mass is 16.5. The van der Waals surface area contributed by atoms with E-state index in [4.69, 9.17) is 19.5 Å². The van der Waals surface area contributed by atoms with Crippen LogP contribution in [0, 0.1) is 29.1 Å². The molecule has 1 aromatic rings. The molecule has 1 aromatic carbocycles. The maximum atomic E-state index is 12.4. The van der Waals surface area contributed by atoms with Crippen LogP contribution in [0.3, 0.4) is 0 Å². The van der Waals surface area contributed by atoms with E-state index >= 15 is 0 Å². The van der Waals surface area contributed by atoms with Crippen LogP contribution in [-0.2, 0) is 14.3 Å². The first-order valence-corrected chi connectivity index (χ1v) is 11.5. The topological polar surface area (TPSA) is 127 Å². The highest BCUT2D eigenvalue weighted by Gasteiger charge is 2.51. The molecular formula is C25H29N3O6. The van der Waals surface area contributed by atoms with Gasteiger partial charge in [-0.2, -0.15) is 5.26 Å². The molecule has 4 fully saturated rings. The molecule has 3 amide bonds. The van der Waals surface area contributed by atoms with Gasteiger partial charge < -0.3 is 19.5 Å². The first kappa shape index (κ1) is 23.6. The van der Waals surface area contributed by atoms with E-state index in [1.807, 2.05) is 6.07 Å². The van der Waals surface area contributed by atoms with Crippen LogP contribution in [0.5, 0.6) is 11.5 Å². The number of hydrogen-bond donors (Lipinski definition) is 2. The summed E-state index contributed by atoms with van der Waals surface area (Å²) in [5.74, 6) is 1.45. The van der Waals surface area contributed by atoms with Crippen molar-refractivity contribution in [2.45, 2.75) is 44.1 Å². The fraction of sp³-hybridized carbons (Fsp3) is 0.520. The third-order valence-corrected chi connectivity index (χ3v) is 6.91. The number of nitriles is 1. The SMILES string of the molecule is COc1cc(C=CC(=O)OCC(=O)NC(=O)NC23CC4CC(CC(C4)C2)C3)ccc1OCC#N. The highest BCUT2D eigenvalue weighted by molar-refractivity contribution is 5.96. The maximum Gasteiger partial charge on any atom is 0.331 e. The number of carbonyl (C=O) groups excluding carboxylic acids is 3. The number of ether oxygens (including phenoxy) is 3. The predicted molar refractivity (Wildman–Crippen MR) is 122 cm³/mol. The van der Waals surface area contributed by atoms with E-state index in [1.165, 1.54) is 38.5 Å². The number of carbonyl (C=O) groups is 3. The molecule has 5 rings (SSSR count). The second kappa shape index (κ2) is 10.2. The Hall–Kier alpha value is -3.54. The smallest absolute Gasteiger partial charge is 0.331 e. The Morgan fingerprint density at radius 3 is 2.41 bits per heavy atom. The number of amides is 3. The average Bonchev–Trinajstić information content (AvgIpc) is 2.78. The first-order valence-electron chi connectivity index (χ1n) is 11.5. The Morgan fingerprint density at radius 2 is 1.79 bits per heavy atom. The van der Waals surface area contributed by atoms with Crippen molar-refractivity contribution in [2.24, 2.45) is 17.8 Å². The van der Waals surface area contributed by atoms with E-state index in [-0.39, 0.29) is 12.1 Å². The van der Waals surface area contributed by atoms with Gasteiger partial charge in [0, 0.05) is 11.6 Å². The van der Waals surface area contributed by atoms with Crippen LogP contribution < -0.4 is 20.1 Å². The van der Waals surface area contributed by atoms with Crippen molar-refractivity contribution < 1.29 is 28.6 Å². The molecule has 9 nitrogen and oxygen atoms in total. The second-order valence-electron chi connectivity index (χ2n) is 9.50. The van der Waals surface area contributed by atoms with Gasteiger partial charge in [-0.05, 0) is 80.1 Å². The fourth-order valence-electron chi connectivity index (χ4n) is 6.06. The maximum absolute atomic E-state index is 12.4. The van der Waals surface area contributed by atoms with Crippen LogP contribution in [-0.4, -0.2) is 43.8 Å². The molecule has 180 valence electrons. The van der Waals surface area contributed by atoms with E-state index < -0.39 is 24.5 Å². The lowest BCUT2D eigenvalue weighted by atomic mass is 9.53. The summed E-state index contributed by atoms with van der Waals surface area (Å²) in [6.07, 6.45) is 9.40. The number of nitrogens with zero attached hydrogens (tertiary/aromatic N) is 1. The van der Waals surface area contributed by atoms with Crippen LogP contribution in [0.1, 0.15) is 44.1 Å². The summed E-state index contributed by atoms with van der Waals surface area (Å²) in [4.78, 5) is 36.5. The van der Waals surface area contributed by atoms with Crippen molar-refractivity contribution in [2.75, 3.05) is 20.3 Å². The summed E-state index contributed by atoms with van der Waals surface area (Å²) >= 11 is 0. The van der Waals surface area contributed by atoms with Crippen molar-refractivity contribution in [3.05, 3.63) is 29.8 Å². The highest BCUT2D eigenvalue weighted by Crippen LogP contribution is 2.55. The Kier molecular flexibility index (Phi) is 7.06. The minimum absolute atomic E-state index is 0.111. The molecule has 4 saturated carbocycles. The van der Waals surface area contributed by atoms with E-state index in [0.29, 0.717) is 34.8 Å². The third kappa shape index (κ3) is 5.68.